The maximum atomic E-state index is 4.82. The van der Waals surface area contributed by atoms with E-state index in [4.69, 9.17) is 4.98 Å². The maximum absolute atomic E-state index is 4.82. The predicted molar refractivity (Wildman–Crippen MR) is 89.9 cm³/mol. The van der Waals surface area contributed by atoms with Crippen molar-refractivity contribution in [1.29, 1.82) is 0 Å². The number of benzene rings is 1. The van der Waals surface area contributed by atoms with Crippen molar-refractivity contribution in [2.45, 2.75) is 39.9 Å². The van der Waals surface area contributed by atoms with Crippen LogP contribution in [0.1, 0.15) is 36.3 Å². The lowest BCUT2D eigenvalue weighted by Crippen LogP contribution is -2.20. The molecule has 3 rings (SSSR count). The van der Waals surface area contributed by atoms with E-state index in [0.29, 0.717) is 6.04 Å². The van der Waals surface area contributed by atoms with Gasteiger partial charge in [0.15, 0.2) is 0 Å². The van der Waals surface area contributed by atoms with Crippen LogP contribution >= 0.6 is 11.5 Å². The summed E-state index contributed by atoms with van der Waals surface area (Å²) in [6, 6.07) is 8.73. The van der Waals surface area contributed by atoms with Gasteiger partial charge in [0.1, 0.15) is 5.82 Å². The third-order valence-corrected chi connectivity index (χ3v) is 4.56. The molecule has 0 unspecified atom stereocenters. The summed E-state index contributed by atoms with van der Waals surface area (Å²) in [7, 11) is 2.11. The van der Waals surface area contributed by atoms with Gasteiger partial charge in [-0.15, -0.1) is 5.10 Å². The first-order chi connectivity index (χ1) is 10.6. The van der Waals surface area contributed by atoms with E-state index >= 15 is 0 Å². The summed E-state index contributed by atoms with van der Waals surface area (Å²) >= 11 is 1.47. The van der Waals surface area contributed by atoms with E-state index in [1.807, 2.05) is 13.0 Å². The largest absolute Gasteiger partial charge is 0.324 e. The van der Waals surface area contributed by atoms with Crippen molar-refractivity contribution in [3.63, 3.8) is 0 Å². The molecule has 0 aliphatic heterocycles. The average Bonchev–Trinajstić information content (AvgIpc) is 3.02. The van der Waals surface area contributed by atoms with Gasteiger partial charge in [0.2, 0.25) is 0 Å². The van der Waals surface area contributed by atoms with Crippen molar-refractivity contribution in [1.82, 2.24) is 24.0 Å². The van der Waals surface area contributed by atoms with Crippen LogP contribution in [0.3, 0.4) is 0 Å². The number of aromatic nitrogens is 4. The molecule has 116 valence electrons. The van der Waals surface area contributed by atoms with Crippen LogP contribution in [0.4, 0.5) is 0 Å². The molecule has 3 aromatic rings. The maximum Gasteiger partial charge on any atom is 0.124 e. The van der Waals surface area contributed by atoms with Crippen molar-refractivity contribution in [3.05, 3.63) is 40.7 Å². The second kappa shape index (κ2) is 6.14. The molecule has 2 heterocycles. The van der Waals surface area contributed by atoms with Crippen molar-refractivity contribution in [3.8, 4) is 0 Å². The van der Waals surface area contributed by atoms with Crippen LogP contribution in [0.25, 0.3) is 11.0 Å². The smallest absolute Gasteiger partial charge is 0.124 e. The van der Waals surface area contributed by atoms with Crippen molar-refractivity contribution in [2.75, 3.05) is 7.05 Å². The minimum atomic E-state index is 0.391. The number of rotatable bonds is 5. The number of imidazole rings is 1. The topological polar surface area (TPSA) is 46.8 Å². The quantitative estimate of drug-likeness (QED) is 0.724. The number of nitrogens with zero attached hydrogens (tertiary/aromatic N) is 5. The lowest BCUT2D eigenvalue weighted by atomic mass is 10.3. The first-order valence-corrected chi connectivity index (χ1v) is 8.26. The predicted octanol–water partition coefficient (Wildman–Crippen LogP) is 3.41. The van der Waals surface area contributed by atoms with Gasteiger partial charge in [-0.2, -0.15) is 0 Å². The molecule has 0 saturated carbocycles. The van der Waals surface area contributed by atoms with Gasteiger partial charge in [0.25, 0.3) is 0 Å². The Hall–Kier alpha value is -1.79. The zero-order chi connectivity index (χ0) is 15.7. The van der Waals surface area contributed by atoms with E-state index in [1.165, 1.54) is 21.9 Å². The molecule has 0 aliphatic rings. The molecule has 6 heteroatoms. The van der Waals surface area contributed by atoms with Crippen LogP contribution in [0, 0.1) is 6.92 Å². The molecular formula is C16H21N5S. The fourth-order valence-electron chi connectivity index (χ4n) is 2.72. The number of hydrogen-bond acceptors (Lipinski definition) is 5. The van der Waals surface area contributed by atoms with Gasteiger partial charge in [-0.25, -0.2) is 4.98 Å². The van der Waals surface area contributed by atoms with Gasteiger partial charge < -0.3 is 4.57 Å². The number of hydrogen-bond donors (Lipinski definition) is 0. The molecular weight excluding hydrogens is 294 g/mol. The molecule has 0 N–H and O–H groups in total. The Labute approximate surface area is 134 Å². The molecule has 2 aromatic heterocycles. The fourth-order valence-corrected chi connectivity index (χ4v) is 3.43. The van der Waals surface area contributed by atoms with Crippen molar-refractivity contribution >= 4 is 22.6 Å². The highest BCUT2D eigenvalue weighted by molar-refractivity contribution is 7.05. The second-order valence-electron chi connectivity index (χ2n) is 5.93. The van der Waals surface area contributed by atoms with Gasteiger partial charge in [-0.3, -0.25) is 4.90 Å². The Morgan fingerprint density at radius 3 is 2.68 bits per heavy atom. The van der Waals surface area contributed by atoms with Gasteiger partial charge in [0.05, 0.1) is 28.1 Å². The van der Waals surface area contributed by atoms with E-state index in [9.17, 15) is 0 Å². The fraction of sp³-hybridized carbons (Fsp3) is 0.438. The molecule has 0 amide bonds. The van der Waals surface area contributed by atoms with Crippen molar-refractivity contribution < 1.29 is 0 Å². The zero-order valence-electron chi connectivity index (χ0n) is 13.4. The third-order valence-electron chi connectivity index (χ3n) is 3.76. The molecule has 0 spiro atoms. The number of fused-ring (bicyclic) bond motifs is 1. The monoisotopic (exact) mass is 315 g/mol. The number of aryl methyl sites for hydroxylation is 1. The van der Waals surface area contributed by atoms with Gasteiger partial charge >= 0.3 is 0 Å². The normalized spacial score (nSPS) is 11.9. The summed E-state index contributed by atoms with van der Waals surface area (Å²) < 4.78 is 6.33. The van der Waals surface area contributed by atoms with Crippen LogP contribution in [0.15, 0.2) is 24.3 Å². The second-order valence-corrected chi connectivity index (χ2v) is 6.77. The standard InChI is InChI=1S/C16H21N5S/c1-11(2)21-14-8-6-5-7-13(14)17-16(21)10-20(4)9-15-12(3)18-19-22-15/h5-8,11H,9-10H2,1-4H3. The van der Waals surface area contributed by atoms with Gasteiger partial charge in [0, 0.05) is 12.6 Å². The van der Waals surface area contributed by atoms with Crippen LogP contribution in [0.5, 0.6) is 0 Å². The minimum Gasteiger partial charge on any atom is -0.324 e. The highest BCUT2D eigenvalue weighted by atomic mass is 32.1. The molecule has 0 radical (unpaired) electrons. The number of para-hydroxylation sites is 2. The molecule has 5 nitrogen and oxygen atoms in total. The Balaban J connectivity index is 1.87. The van der Waals surface area contributed by atoms with E-state index in [-0.39, 0.29) is 0 Å². The Morgan fingerprint density at radius 2 is 2.00 bits per heavy atom. The van der Waals surface area contributed by atoms with E-state index in [2.05, 4.69) is 58.1 Å². The van der Waals surface area contributed by atoms with E-state index < -0.39 is 0 Å². The molecule has 0 atom stereocenters. The van der Waals surface area contributed by atoms with Gasteiger partial charge in [-0.1, -0.05) is 16.6 Å². The van der Waals surface area contributed by atoms with Crippen molar-refractivity contribution in [2.24, 2.45) is 0 Å². The first kappa shape index (κ1) is 15.1. The third kappa shape index (κ3) is 2.89. The highest BCUT2D eigenvalue weighted by Crippen LogP contribution is 2.22. The Bertz CT molecular complexity index is 774. The molecule has 0 saturated heterocycles. The lowest BCUT2D eigenvalue weighted by Gasteiger charge is -2.18. The zero-order valence-corrected chi connectivity index (χ0v) is 14.3. The summed E-state index contributed by atoms with van der Waals surface area (Å²) in [4.78, 5) is 8.30. The molecule has 0 fully saturated rings. The minimum absolute atomic E-state index is 0.391. The first-order valence-electron chi connectivity index (χ1n) is 7.48. The molecule has 1 aromatic carbocycles. The summed E-state index contributed by atoms with van der Waals surface area (Å²) in [5.41, 5.74) is 3.29. The highest BCUT2D eigenvalue weighted by Gasteiger charge is 2.15. The lowest BCUT2D eigenvalue weighted by molar-refractivity contribution is 0.305. The summed E-state index contributed by atoms with van der Waals surface area (Å²) in [5.74, 6) is 1.11. The molecule has 22 heavy (non-hydrogen) atoms. The average molecular weight is 315 g/mol. The SMILES string of the molecule is Cc1nnsc1CN(C)Cc1nc2ccccc2n1C(C)C. The van der Waals surface area contributed by atoms with Crippen LogP contribution in [-0.4, -0.2) is 31.1 Å². The molecule has 0 aliphatic carbocycles. The summed E-state index contributed by atoms with van der Waals surface area (Å²) in [5, 5.41) is 4.08. The van der Waals surface area contributed by atoms with Gasteiger partial charge in [-0.05, 0) is 51.5 Å². The van der Waals surface area contributed by atoms with Crippen LogP contribution in [0.2, 0.25) is 0 Å². The summed E-state index contributed by atoms with van der Waals surface area (Å²) in [6.07, 6.45) is 0. The molecule has 0 bridgehead atoms. The van der Waals surface area contributed by atoms with E-state index in [1.54, 1.807) is 0 Å². The van der Waals surface area contributed by atoms with Crippen LogP contribution < -0.4 is 0 Å². The van der Waals surface area contributed by atoms with E-state index in [0.717, 1.165) is 30.1 Å². The Morgan fingerprint density at radius 1 is 1.23 bits per heavy atom. The summed E-state index contributed by atoms with van der Waals surface area (Å²) in [6.45, 7) is 8.08. The Kier molecular flexibility index (Phi) is 4.22. The van der Waals surface area contributed by atoms with Crippen LogP contribution in [-0.2, 0) is 13.1 Å².